The smallest absolute Gasteiger partial charge is 0.280 e. The summed E-state index contributed by atoms with van der Waals surface area (Å²) in [6, 6.07) is 8.35. The Balaban J connectivity index is 1.52. The molecule has 4 heterocycles. The zero-order chi connectivity index (χ0) is 24.7. The van der Waals surface area contributed by atoms with Crippen molar-refractivity contribution in [2.24, 2.45) is 0 Å². The first kappa shape index (κ1) is 22.9. The highest BCUT2D eigenvalue weighted by Crippen LogP contribution is 2.33. The van der Waals surface area contributed by atoms with E-state index >= 15 is 0 Å². The minimum atomic E-state index is -2.78. The SMILES string of the molecule is COc1ccccc1-c1cc(C(F)F)n2ncc(-c3nnc(CCn4nc(C)c(Cl)c4C)o3)c2n1. The number of benzene rings is 1. The van der Waals surface area contributed by atoms with Crippen LogP contribution in [0.5, 0.6) is 5.75 Å². The molecule has 0 radical (unpaired) electrons. The molecule has 0 amide bonds. The summed E-state index contributed by atoms with van der Waals surface area (Å²) >= 11 is 6.21. The summed E-state index contributed by atoms with van der Waals surface area (Å²) in [6.07, 6.45) is -0.988. The molecule has 5 aromatic rings. The number of nitrogens with zero attached hydrogens (tertiary/aromatic N) is 7. The van der Waals surface area contributed by atoms with Crippen LogP contribution in [0.15, 0.2) is 40.9 Å². The second-order valence-electron chi connectivity index (χ2n) is 7.82. The van der Waals surface area contributed by atoms with Crippen molar-refractivity contribution in [1.29, 1.82) is 0 Å². The van der Waals surface area contributed by atoms with Crippen LogP contribution in [0.1, 0.15) is 29.4 Å². The highest BCUT2D eigenvalue weighted by molar-refractivity contribution is 6.31. The van der Waals surface area contributed by atoms with Crippen LogP contribution in [0.25, 0.3) is 28.4 Å². The Morgan fingerprint density at radius 2 is 1.94 bits per heavy atom. The molecule has 0 saturated heterocycles. The number of alkyl halides is 2. The molecule has 0 unspecified atom stereocenters. The maximum absolute atomic E-state index is 13.9. The van der Waals surface area contributed by atoms with E-state index in [1.54, 1.807) is 28.9 Å². The standard InChI is InChI=1S/C23H20ClF2N7O2/c1-12-20(24)13(2)32(31-12)9-8-19-29-30-23(35-19)15-11-27-33-17(21(25)26)10-16(28-22(15)33)14-6-4-5-7-18(14)34-3/h4-7,10-11,21H,8-9H2,1-3H3. The fourth-order valence-corrected chi connectivity index (χ4v) is 3.98. The third kappa shape index (κ3) is 4.12. The maximum atomic E-state index is 13.9. The van der Waals surface area contributed by atoms with Gasteiger partial charge in [0.25, 0.3) is 12.3 Å². The van der Waals surface area contributed by atoms with Crippen molar-refractivity contribution >= 4 is 17.2 Å². The summed E-state index contributed by atoms with van der Waals surface area (Å²) < 4.78 is 41.9. The molecule has 9 nitrogen and oxygen atoms in total. The average molecular weight is 500 g/mol. The third-order valence-corrected chi connectivity index (χ3v) is 6.18. The van der Waals surface area contributed by atoms with Gasteiger partial charge < -0.3 is 9.15 Å². The van der Waals surface area contributed by atoms with Crippen LogP contribution in [0.2, 0.25) is 5.02 Å². The predicted octanol–water partition coefficient (Wildman–Crippen LogP) is 5.10. The van der Waals surface area contributed by atoms with Gasteiger partial charge in [-0.25, -0.2) is 18.3 Å². The van der Waals surface area contributed by atoms with Crippen molar-refractivity contribution in [2.45, 2.75) is 33.2 Å². The topological polar surface area (TPSA) is 96.2 Å². The van der Waals surface area contributed by atoms with Gasteiger partial charge in [-0.1, -0.05) is 23.7 Å². The molecule has 0 spiro atoms. The zero-order valence-corrected chi connectivity index (χ0v) is 19.8. The normalized spacial score (nSPS) is 11.6. The van der Waals surface area contributed by atoms with Crippen molar-refractivity contribution in [1.82, 2.24) is 34.6 Å². The molecule has 180 valence electrons. The summed E-state index contributed by atoms with van der Waals surface area (Å²) in [5, 5.41) is 17.3. The number of methoxy groups -OCH3 is 1. The van der Waals surface area contributed by atoms with E-state index in [0.29, 0.717) is 46.4 Å². The molecule has 12 heteroatoms. The van der Waals surface area contributed by atoms with Crippen LogP contribution in [-0.2, 0) is 13.0 Å². The van der Waals surface area contributed by atoms with Gasteiger partial charge in [-0.05, 0) is 32.0 Å². The van der Waals surface area contributed by atoms with Crippen molar-refractivity contribution < 1.29 is 17.9 Å². The summed E-state index contributed by atoms with van der Waals surface area (Å²) in [5.41, 5.74) is 2.67. The molecule has 0 atom stereocenters. The van der Waals surface area contributed by atoms with Crippen LogP contribution in [0.3, 0.4) is 0 Å². The molecule has 0 aliphatic rings. The van der Waals surface area contributed by atoms with Gasteiger partial charge in [0.2, 0.25) is 5.89 Å². The Labute approximate surface area is 203 Å². The van der Waals surface area contributed by atoms with Crippen molar-refractivity contribution in [2.75, 3.05) is 7.11 Å². The lowest BCUT2D eigenvalue weighted by atomic mass is 10.1. The lowest BCUT2D eigenvalue weighted by Gasteiger charge is -2.11. The van der Waals surface area contributed by atoms with Gasteiger partial charge in [0.15, 0.2) is 5.65 Å². The van der Waals surface area contributed by atoms with E-state index in [2.05, 4.69) is 25.4 Å². The van der Waals surface area contributed by atoms with Gasteiger partial charge in [-0.2, -0.15) is 10.2 Å². The first-order valence-corrected chi connectivity index (χ1v) is 11.1. The Kier molecular flexibility index (Phi) is 5.93. The first-order chi connectivity index (χ1) is 16.9. The van der Waals surface area contributed by atoms with E-state index < -0.39 is 6.43 Å². The molecule has 5 rings (SSSR count). The predicted molar refractivity (Wildman–Crippen MR) is 124 cm³/mol. The van der Waals surface area contributed by atoms with Gasteiger partial charge >= 0.3 is 0 Å². The number of aryl methyl sites for hydroxylation is 3. The fourth-order valence-electron chi connectivity index (χ4n) is 3.84. The molecule has 0 aliphatic heterocycles. The highest BCUT2D eigenvalue weighted by atomic mass is 35.5. The number of halogens is 3. The van der Waals surface area contributed by atoms with Crippen LogP contribution in [0.4, 0.5) is 8.78 Å². The number of ether oxygens (including phenoxy) is 1. The number of para-hydroxylation sites is 1. The summed E-state index contributed by atoms with van der Waals surface area (Å²) in [7, 11) is 1.51. The Bertz CT molecular complexity index is 1530. The summed E-state index contributed by atoms with van der Waals surface area (Å²) in [6.45, 7) is 4.20. The zero-order valence-electron chi connectivity index (χ0n) is 19.0. The Morgan fingerprint density at radius 3 is 2.66 bits per heavy atom. The summed E-state index contributed by atoms with van der Waals surface area (Å²) in [5.74, 6) is 0.999. The first-order valence-electron chi connectivity index (χ1n) is 10.7. The van der Waals surface area contributed by atoms with Gasteiger partial charge in [-0.15, -0.1) is 10.2 Å². The van der Waals surface area contributed by atoms with E-state index in [1.807, 2.05) is 13.8 Å². The average Bonchev–Trinajstić information content (AvgIpc) is 3.56. The minimum Gasteiger partial charge on any atom is -0.496 e. The van der Waals surface area contributed by atoms with Gasteiger partial charge in [0.1, 0.15) is 17.0 Å². The van der Waals surface area contributed by atoms with Gasteiger partial charge in [0, 0.05) is 18.5 Å². The highest BCUT2D eigenvalue weighted by Gasteiger charge is 2.23. The number of hydrogen-bond acceptors (Lipinski definition) is 7. The van der Waals surface area contributed by atoms with Crippen LogP contribution in [0, 0.1) is 13.8 Å². The molecule has 1 aromatic carbocycles. The third-order valence-electron chi connectivity index (χ3n) is 5.63. The van der Waals surface area contributed by atoms with Crippen molar-refractivity contribution in [3.05, 3.63) is 64.5 Å². The van der Waals surface area contributed by atoms with Crippen molar-refractivity contribution in [3.63, 3.8) is 0 Å². The van der Waals surface area contributed by atoms with E-state index in [-0.39, 0.29) is 17.2 Å². The van der Waals surface area contributed by atoms with Gasteiger partial charge in [-0.3, -0.25) is 4.68 Å². The number of aromatic nitrogens is 7. The number of hydrogen-bond donors (Lipinski definition) is 0. The lowest BCUT2D eigenvalue weighted by molar-refractivity contribution is 0.143. The molecule has 0 N–H and O–H groups in total. The van der Waals surface area contributed by atoms with E-state index in [9.17, 15) is 8.78 Å². The molecule has 0 bridgehead atoms. The van der Waals surface area contributed by atoms with Crippen LogP contribution in [-0.4, -0.2) is 41.7 Å². The summed E-state index contributed by atoms with van der Waals surface area (Å²) in [4.78, 5) is 4.59. The van der Waals surface area contributed by atoms with E-state index in [1.165, 1.54) is 19.4 Å². The van der Waals surface area contributed by atoms with Crippen LogP contribution < -0.4 is 4.74 Å². The minimum absolute atomic E-state index is 0.131. The molecular formula is C23H20ClF2N7O2. The molecule has 0 saturated carbocycles. The van der Waals surface area contributed by atoms with E-state index in [4.69, 9.17) is 20.8 Å². The largest absolute Gasteiger partial charge is 0.496 e. The fraction of sp³-hybridized carbons (Fsp3) is 0.261. The van der Waals surface area contributed by atoms with Crippen LogP contribution >= 0.6 is 11.6 Å². The molecular weight excluding hydrogens is 480 g/mol. The van der Waals surface area contributed by atoms with Gasteiger partial charge in [0.05, 0.1) is 35.4 Å². The quantitative estimate of drug-likeness (QED) is 0.307. The Hall–Kier alpha value is -3.86. The van der Waals surface area contributed by atoms with Crippen molar-refractivity contribution in [3.8, 4) is 28.5 Å². The number of rotatable bonds is 7. The second-order valence-corrected chi connectivity index (χ2v) is 8.20. The molecule has 0 fully saturated rings. The monoisotopic (exact) mass is 499 g/mol. The maximum Gasteiger partial charge on any atom is 0.280 e. The second kappa shape index (κ2) is 9.06. The molecule has 4 aromatic heterocycles. The molecule has 0 aliphatic carbocycles. The number of fused-ring (bicyclic) bond motifs is 1. The lowest BCUT2D eigenvalue weighted by Crippen LogP contribution is -2.05. The van der Waals surface area contributed by atoms with E-state index in [0.717, 1.165) is 15.9 Å². The molecule has 35 heavy (non-hydrogen) atoms. The Morgan fingerprint density at radius 1 is 1.14 bits per heavy atom.